The van der Waals surface area contributed by atoms with Gasteiger partial charge in [-0.1, -0.05) is 48.5 Å². The molecule has 2 aromatic carbocycles. The molecule has 0 aliphatic rings. The highest BCUT2D eigenvalue weighted by atomic mass is 32.2. The summed E-state index contributed by atoms with van der Waals surface area (Å²) in [5.41, 5.74) is 2.33. The first-order chi connectivity index (χ1) is 9.25. The van der Waals surface area contributed by atoms with Gasteiger partial charge in [0.1, 0.15) is 0 Å². The Bertz CT molecular complexity index is 539. The molecule has 2 nitrogen and oxygen atoms in total. The Morgan fingerprint density at radius 3 is 2.47 bits per heavy atom. The number of hydrogen-bond acceptors (Lipinski definition) is 2. The highest BCUT2D eigenvalue weighted by molar-refractivity contribution is 8.00. The first kappa shape index (κ1) is 13.7. The van der Waals surface area contributed by atoms with Crippen molar-refractivity contribution in [2.24, 2.45) is 0 Å². The van der Waals surface area contributed by atoms with Crippen LogP contribution < -0.4 is 5.32 Å². The van der Waals surface area contributed by atoms with Crippen LogP contribution in [0.25, 0.3) is 0 Å². The van der Waals surface area contributed by atoms with E-state index in [0.29, 0.717) is 12.3 Å². The minimum absolute atomic E-state index is 0.0668. The number of rotatable bonds is 5. The lowest BCUT2D eigenvalue weighted by molar-refractivity contribution is -0.118. The molecule has 0 radical (unpaired) electrons. The normalized spacial score (nSPS) is 10.2. The fraction of sp³-hybridized carbons (Fsp3) is 0.188. The maximum absolute atomic E-state index is 11.8. The van der Waals surface area contributed by atoms with Gasteiger partial charge in [-0.3, -0.25) is 4.79 Å². The van der Waals surface area contributed by atoms with Crippen LogP contribution in [0.15, 0.2) is 59.5 Å². The SMILES string of the molecule is Cc1ccccc1SCC(=O)NCc1ccccc1. The molecular weight excluding hydrogens is 254 g/mol. The van der Waals surface area contributed by atoms with Gasteiger partial charge in [0.25, 0.3) is 0 Å². The molecule has 98 valence electrons. The third-order valence-electron chi connectivity index (χ3n) is 2.78. The lowest BCUT2D eigenvalue weighted by Gasteiger charge is -2.06. The molecule has 0 heterocycles. The highest BCUT2D eigenvalue weighted by Gasteiger charge is 2.04. The number of carbonyl (C=O) groups excluding carboxylic acids is 1. The zero-order chi connectivity index (χ0) is 13.5. The van der Waals surface area contributed by atoms with Gasteiger partial charge in [0.15, 0.2) is 0 Å². The Kier molecular flexibility index (Phi) is 5.04. The topological polar surface area (TPSA) is 29.1 Å². The monoisotopic (exact) mass is 271 g/mol. The smallest absolute Gasteiger partial charge is 0.230 e. The standard InChI is InChI=1S/C16H17NOS/c1-13-7-5-6-10-15(13)19-12-16(18)17-11-14-8-3-2-4-9-14/h2-10H,11-12H2,1H3,(H,17,18). The molecule has 3 heteroatoms. The van der Waals surface area contributed by atoms with E-state index in [4.69, 9.17) is 0 Å². The van der Waals surface area contributed by atoms with Gasteiger partial charge in [-0.05, 0) is 24.1 Å². The second-order valence-corrected chi connectivity index (χ2v) is 5.33. The van der Waals surface area contributed by atoms with Crippen LogP contribution in [0.2, 0.25) is 0 Å². The van der Waals surface area contributed by atoms with Crippen LogP contribution in [0, 0.1) is 6.92 Å². The van der Waals surface area contributed by atoms with Crippen LogP contribution in [-0.4, -0.2) is 11.7 Å². The number of nitrogens with one attached hydrogen (secondary N) is 1. The summed E-state index contributed by atoms with van der Waals surface area (Å²) in [7, 11) is 0. The summed E-state index contributed by atoms with van der Waals surface area (Å²) >= 11 is 1.58. The van der Waals surface area contributed by atoms with Gasteiger partial charge < -0.3 is 5.32 Å². The fourth-order valence-electron chi connectivity index (χ4n) is 1.71. The molecule has 0 bridgehead atoms. The van der Waals surface area contributed by atoms with E-state index in [-0.39, 0.29) is 5.91 Å². The minimum atomic E-state index is 0.0668. The van der Waals surface area contributed by atoms with Crippen molar-refractivity contribution >= 4 is 17.7 Å². The maximum Gasteiger partial charge on any atom is 0.230 e. The first-order valence-corrected chi connectivity index (χ1v) is 7.23. The predicted molar refractivity (Wildman–Crippen MR) is 80.2 cm³/mol. The van der Waals surface area contributed by atoms with Gasteiger partial charge in [-0.25, -0.2) is 0 Å². The summed E-state index contributed by atoms with van der Waals surface area (Å²) in [5, 5.41) is 2.93. The third-order valence-corrected chi connectivity index (χ3v) is 3.96. The zero-order valence-corrected chi connectivity index (χ0v) is 11.7. The first-order valence-electron chi connectivity index (χ1n) is 6.25. The van der Waals surface area contributed by atoms with Crippen molar-refractivity contribution in [3.63, 3.8) is 0 Å². The average molecular weight is 271 g/mol. The maximum atomic E-state index is 11.8. The predicted octanol–water partition coefficient (Wildman–Crippen LogP) is 3.40. The molecule has 0 atom stereocenters. The number of thioether (sulfide) groups is 1. The number of benzene rings is 2. The Balaban J connectivity index is 1.78. The molecule has 1 amide bonds. The number of hydrogen-bond donors (Lipinski definition) is 1. The van der Waals surface area contributed by atoms with Crippen LogP contribution in [-0.2, 0) is 11.3 Å². The lowest BCUT2D eigenvalue weighted by Crippen LogP contribution is -2.24. The summed E-state index contributed by atoms with van der Waals surface area (Å²) in [6, 6.07) is 18.1. The molecule has 2 rings (SSSR count). The summed E-state index contributed by atoms with van der Waals surface area (Å²) in [6.45, 7) is 2.65. The van der Waals surface area contributed by atoms with Gasteiger partial charge in [0, 0.05) is 11.4 Å². The summed E-state index contributed by atoms with van der Waals surface area (Å²) in [6.07, 6.45) is 0. The molecule has 0 aromatic heterocycles. The molecule has 0 aliphatic carbocycles. The second kappa shape index (κ2) is 7.00. The van der Waals surface area contributed by atoms with Crippen molar-refractivity contribution in [2.75, 3.05) is 5.75 Å². The average Bonchev–Trinajstić information content (AvgIpc) is 2.45. The quantitative estimate of drug-likeness (QED) is 0.844. The summed E-state index contributed by atoms with van der Waals surface area (Å²) in [4.78, 5) is 12.9. The Morgan fingerprint density at radius 2 is 1.74 bits per heavy atom. The molecule has 0 unspecified atom stereocenters. The molecule has 2 aromatic rings. The van der Waals surface area contributed by atoms with Crippen LogP contribution in [0.5, 0.6) is 0 Å². The molecule has 0 spiro atoms. The molecule has 19 heavy (non-hydrogen) atoms. The fourth-order valence-corrected chi connectivity index (χ4v) is 2.57. The highest BCUT2D eigenvalue weighted by Crippen LogP contribution is 2.21. The largest absolute Gasteiger partial charge is 0.351 e. The Labute approximate surface area is 118 Å². The zero-order valence-electron chi connectivity index (χ0n) is 10.9. The van der Waals surface area contributed by atoms with Crippen molar-refractivity contribution in [2.45, 2.75) is 18.4 Å². The molecule has 0 fully saturated rings. The van der Waals surface area contributed by atoms with Crippen LogP contribution in [0.4, 0.5) is 0 Å². The molecular formula is C16H17NOS. The lowest BCUT2D eigenvalue weighted by atomic mass is 10.2. The summed E-state index contributed by atoms with van der Waals surface area (Å²) < 4.78 is 0. The second-order valence-electron chi connectivity index (χ2n) is 4.32. The number of carbonyl (C=O) groups is 1. The van der Waals surface area contributed by atoms with E-state index >= 15 is 0 Å². The van der Waals surface area contributed by atoms with Crippen molar-refractivity contribution < 1.29 is 4.79 Å². The molecule has 0 saturated heterocycles. The van der Waals surface area contributed by atoms with E-state index < -0.39 is 0 Å². The Hall–Kier alpha value is -1.74. The van der Waals surface area contributed by atoms with E-state index in [1.807, 2.05) is 48.5 Å². The van der Waals surface area contributed by atoms with E-state index in [1.54, 1.807) is 11.8 Å². The van der Waals surface area contributed by atoms with E-state index in [9.17, 15) is 4.79 Å². The molecule has 0 aliphatic heterocycles. The van der Waals surface area contributed by atoms with Crippen molar-refractivity contribution in [1.82, 2.24) is 5.32 Å². The van der Waals surface area contributed by atoms with E-state index in [1.165, 1.54) is 5.56 Å². The van der Waals surface area contributed by atoms with Gasteiger partial charge in [0.05, 0.1) is 5.75 Å². The minimum Gasteiger partial charge on any atom is -0.351 e. The van der Waals surface area contributed by atoms with Crippen LogP contribution in [0.3, 0.4) is 0 Å². The Morgan fingerprint density at radius 1 is 1.05 bits per heavy atom. The molecule has 1 N–H and O–H groups in total. The summed E-state index contributed by atoms with van der Waals surface area (Å²) in [5.74, 6) is 0.523. The number of amides is 1. The van der Waals surface area contributed by atoms with E-state index in [2.05, 4.69) is 18.3 Å². The van der Waals surface area contributed by atoms with Crippen molar-refractivity contribution in [3.05, 3.63) is 65.7 Å². The third kappa shape index (κ3) is 4.45. The van der Waals surface area contributed by atoms with Gasteiger partial charge >= 0.3 is 0 Å². The van der Waals surface area contributed by atoms with Crippen LogP contribution in [0.1, 0.15) is 11.1 Å². The number of aryl methyl sites for hydroxylation is 1. The van der Waals surface area contributed by atoms with Crippen molar-refractivity contribution in [1.29, 1.82) is 0 Å². The van der Waals surface area contributed by atoms with Crippen LogP contribution >= 0.6 is 11.8 Å². The van der Waals surface area contributed by atoms with Gasteiger partial charge in [0.2, 0.25) is 5.91 Å². The van der Waals surface area contributed by atoms with Crippen molar-refractivity contribution in [3.8, 4) is 0 Å². The van der Waals surface area contributed by atoms with Gasteiger partial charge in [-0.15, -0.1) is 11.8 Å². The molecule has 0 saturated carbocycles. The van der Waals surface area contributed by atoms with E-state index in [0.717, 1.165) is 10.5 Å². The van der Waals surface area contributed by atoms with Gasteiger partial charge in [-0.2, -0.15) is 0 Å².